The zero-order chi connectivity index (χ0) is 19.4. The molecule has 2 saturated heterocycles. The highest BCUT2D eigenvalue weighted by Gasteiger charge is 2.53. The highest BCUT2D eigenvalue weighted by molar-refractivity contribution is 7.99. The van der Waals surface area contributed by atoms with E-state index in [1.54, 1.807) is 0 Å². The van der Waals surface area contributed by atoms with Crippen molar-refractivity contribution in [3.05, 3.63) is 35.9 Å². The number of fused-ring (bicyclic) bond motifs is 1. The number of rotatable bonds is 5. The van der Waals surface area contributed by atoms with Crippen LogP contribution in [0.25, 0.3) is 0 Å². The summed E-state index contributed by atoms with van der Waals surface area (Å²) in [6, 6.07) is 9.49. The molecule has 0 saturated carbocycles. The van der Waals surface area contributed by atoms with E-state index >= 15 is 0 Å². The smallest absolute Gasteiger partial charge is 0.303 e. The molecule has 2 aliphatic heterocycles. The lowest BCUT2D eigenvalue weighted by Gasteiger charge is -2.48. The number of esters is 2. The van der Waals surface area contributed by atoms with Gasteiger partial charge in [-0.1, -0.05) is 37.3 Å². The Bertz CT molecular complexity index is 653. The summed E-state index contributed by atoms with van der Waals surface area (Å²) in [5, 5.41) is 0. The first-order valence-electron chi connectivity index (χ1n) is 8.93. The number of carbonyl (C=O) groups excluding carboxylic acids is 2. The molecule has 0 bridgehead atoms. The number of thioether (sulfide) groups is 1. The number of hydrogen-bond donors (Lipinski definition) is 0. The maximum Gasteiger partial charge on any atom is 0.303 e. The molecule has 0 radical (unpaired) electrons. The van der Waals surface area contributed by atoms with Crippen LogP contribution in [0.15, 0.2) is 30.3 Å². The molecule has 8 heteroatoms. The topological polar surface area (TPSA) is 80.3 Å². The lowest BCUT2D eigenvalue weighted by Crippen LogP contribution is -2.63. The van der Waals surface area contributed by atoms with Gasteiger partial charge in [0.25, 0.3) is 0 Å². The molecule has 2 fully saturated rings. The summed E-state index contributed by atoms with van der Waals surface area (Å²) >= 11 is 1.48. The first-order valence-corrected chi connectivity index (χ1v) is 9.98. The second-order valence-corrected chi connectivity index (χ2v) is 7.70. The van der Waals surface area contributed by atoms with Crippen LogP contribution in [0.3, 0.4) is 0 Å². The molecule has 0 aromatic heterocycles. The van der Waals surface area contributed by atoms with E-state index in [0.717, 1.165) is 11.3 Å². The highest BCUT2D eigenvalue weighted by Crippen LogP contribution is 2.39. The van der Waals surface area contributed by atoms with Crippen LogP contribution in [0, 0.1) is 0 Å². The Morgan fingerprint density at radius 3 is 2.37 bits per heavy atom. The van der Waals surface area contributed by atoms with Crippen molar-refractivity contribution in [1.29, 1.82) is 0 Å². The zero-order valence-electron chi connectivity index (χ0n) is 15.5. The molecule has 7 nitrogen and oxygen atoms in total. The normalized spacial score (nSPS) is 33.0. The Balaban J connectivity index is 1.86. The van der Waals surface area contributed by atoms with Gasteiger partial charge in [-0.15, -0.1) is 11.8 Å². The van der Waals surface area contributed by atoms with Crippen molar-refractivity contribution in [2.75, 3.05) is 12.4 Å². The van der Waals surface area contributed by atoms with Crippen LogP contribution in [0.1, 0.15) is 32.6 Å². The minimum absolute atomic E-state index is 0.287. The molecule has 1 aromatic carbocycles. The zero-order valence-corrected chi connectivity index (χ0v) is 16.3. The fourth-order valence-electron chi connectivity index (χ4n) is 3.27. The molecular weight excluding hydrogens is 372 g/mol. The van der Waals surface area contributed by atoms with Gasteiger partial charge >= 0.3 is 11.9 Å². The quantitative estimate of drug-likeness (QED) is 0.702. The lowest BCUT2D eigenvalue weighted by atomic mass is 9.98. The van der Waals surface area contributed by atoms with Crippen molar-refractivity contribution in [3.8, 4) is 0 Å². The lowest BCUT2D eigenvalue weighted by molar-refractivity contribution is -0.320. The first kappa shape index (κ1) is 20.1. The summed E-state index contributed by atoms with van der Waals surface area (Å²) in [6.07, 6.45) is -3.17. The third kappa shape index (κ3) is 4.82. The van der Waals surface area contributed by atoms with Crippen LogP contribution in [0.4, 0.5) is 0 Å². The van der Waals surface area contributed by atoms with Crippen molar-refractivity contribution < 1.29 is 33.3 Å². The van der Waals surface area contributed by atoms with Gasteiger partial charge in [0, 0.05) is 19.4 Å². The van der Waals surface area contributed by atoms with Crippen LogP contribution in [-0.4, -0.2) is 54.2 Å². The number of carbonyl (C=O) groups is 2. The van der Waals surface area contributed by atoms with Gasteiger partial charge in [-0.2, -0.15) is 0 Å². The minimum atomic E-state index is -0.774. The van der Waals surface area contributed by atoms with E-state index < -0.39 is 48.1 Å². The molecule has 3 rings (SSSR count). The maximum atomic E-state index is 11.7. The van der Waals surface area contributed by atoms with Gasteiger partial charge in [0.2, 0.25) is 0 Å². The summed E-state index contributed by atoms with van der Waals surface area (Å²) in [6.45, 7) is 4.91. The predicted octanol–water partition coefficient (Wildman–Crippen LogP) is 2.44. The van der Waals surface area contributed by atoms with E-state index in [4.69, 9.17) is 23.7 Å². The monoisotopic (exact) mass is 396 g/mol. The van der Waals surface area contributed by atoms with Gasteiger partial charge < -0.3 is 23.7 Å². The van der Waals surface area contributed by atoms with Crippen LogP contribution in [-0.2, 0) is 33.3 Å². The van der Waals surface area contributed by atoms with E-state index in [0.29, 0.717) is 0 Å². The van der Waals surface area contributed by atoms with Crippen molar-refractivity contribution >= 4 is 23.7 Å². The second-order valence-electron chi connectivity index (χ2n) is 6.32. The molecule has 27 heavy (non-hydrogen) atoms. The number of ether oxygens (including phenoxy) is 5. The molecule has 0 amide bonds. The minimum Gasteiger partial charge on any atom is -0.456 e. The van der Waals surface area contributed by atoms with E-state index in [1.807, 2.05) is 37.3 Å². The Labute approximate surface area is 162 Å². The van der Waals surface area contributed by atoms with Crippen molar-refractivity contribution in [2.24, 2.45) is 0 Å². The summed E-state index contributed by atoms with van der Waals surface area (Å²) in [7, 11) is 0. The number of benzene rings is 1. The molecule has 0 N–H and O–H groups in total. The molecule has 0 aliphatic carbocycles. The van der Waals surface area contributed by atoms with Crippen LogP contribution in [0.2, 0.25) is 0 Å². The van der Waals surface area contributed by atoms with Gasteiger partial charge in [-0.25, -0.2) is 0 Å². The fraction of sp³-hybridized carbons (Fsp3) is 0.579. The molecule has 0 unspecified atom stereocenters. The van der Waals surface area contributed by atoms with E-state index in [1.165, 1.54) is 25.6 Å². The summed E-state index contributed by atoms with van der Waals surface area (Å²) < 4.78 is 29.0. The Morgan fingerprint density at radius 2 is 1.74 bits per heavy atom. The summed E-state index contributed by atoms with van der Waals surface area (Å²) in [4.78, 5) is 23.4. The van der Waals surface area contributed by atoms with Gasteiger partial charge in [-0.3, -0.25) is 9.59 Å². The first-order chi connectivity index (χ1) is 13.0. The van der Waals surface area contributed by atoms with Gasteiger partial charge in [0.05, 0.1) is 6.61 Å². The molecule has 2 aliphatic rings. The molecule has 6 atom stereocenters. The molecule has 1 aromatic rings. The summed E-state index contributed by atoms with van der Waals surface area (Å²) in [5.41, 5.74) is 0.386. The third-order valence-corrected chi connectivity index (χ3v) is 5.33. The standard InChI is InChI=1S/C19H24O7S/c1-4-27-19-17(24-12(3)21)16(23-11(2)20)15-14(25-19)10-22-18(26-15)13-8-6-5-7-9-13/h5-9,14-19H,4,10H2,1-3H3/t14-,15+,16+,17-,18+,19+/m1/s1. The molecular formula is C19H24O7S. The molecule has 148 valence electrons. The SMILES string of the molecule is CCS[C@@H]1O[C@@H]2CO[C@H](c3ccccc3)O[C@@H]2[C@H](OC(C)=O)[C@H]1OC(C)=O. The largest absolute Gasteiger partial charge is 0.456 e. The van der Waals surface area contributed by atoms with Crippen LogP contribution >= 0.6 is 11.8 Å². The summed E-state index contributed by atoms with van der Waals surface area (Å²) in [5.74, 6) is -0.182. The van der Waals surface area contributed by atoms with E-state index in [-0.39, 0.29) is 6.61 Å². The van der Waals surface area contributed by atoms with E-state index in [2.05, 4.69) is 0 Å². The average Bonchev–Trinajstić information content (AvgIpc) is 2.64. The van der Waals surface area contributed by atoms with Gasteiger partial charge in [0.1, 0.15) is 17.6 Å². The second kappa shape index (κ2) is 9.05. The van der Waals surface area contributed by atoms with Crippen LogP contribution < -0.4 is 0 Å². The Kier molecular flexibility index (Phi) is 6.75. The number of hydrogen-bond acceptors (Lipinski definition) is 8. The van der Waals surface area contributed by atoms with E-state index in [9.17, 15) is 9.59 Å². The fourth-order valence-corrected chi connectivity index (χ4v) is 4.22. The highest BCUT2D eigenvalue weighted by atomic mass is 32.2. The Morgan fingerprint density at radius 1 is 1.07 bits per heavy atom. The van der Waals surface area contributed by atoms with Crippen molar-refractivity contribution in [1.82, 2.24) is 0 Å². The van der Waals surface area contributed by atoms with Gasteiger partial charge in [0.15, 0.2) is 18.5 Å². The Hall–Kier alpha value is -1.61. The third-order valence-electron chi connectivity index (χ3n) is 4.29. The average molecular weight is 396 g/mol. The van der Waals surface area contributed by atoms with Gasteiger partial charge in [-0.05, 0) is 5.75 Å². The van der Waals surface area contributed by atoms with Crippen molar-refractivity contribution in [3.63, 3.8) is 0 Å². The van der Waals surface area contributed by atoms with Crippen LogP contribution in [0.5, 0.6) is 0 Å². The molecule has 2 heterocycles. The predicted molar refractivity (Wildman–Crippen MR) is 97.9 cm³/mol. The maximum absolute atomic E-state index is 11.7. The molecule has 0 spiro atoms. The van der Waals surface area contributed by atoms with Crippen molar-refractivity contribution in [2.45, 2.75) is 56.9 Å².